The minimum Gasteiger partial charge on any atom is -0.507 e. The maximum Gasteiger partial charge on any atom is 0.323 e. The predicted molar refractivity (Wildman–Crippen MR) is 277 cm³/mol. The lowest BCUT2D eigenvalue weighted by molar-refractivity contribution is -0.147. The van der Waals surface area contributed by atoms with Crippen molar-refractivity contribution in [2.45, 2.75) is 135 Å². The van der Waals surface area contributed by atoms with Crippen molar-refractivity contribution in [3.8, 4) is 17.2 Å². The summed E-state index contributed by atoms with van der Waals surface area (Å²) in [5.41, 5.74) is 13.6. The monoisotopic (exact) mass is 999 g/mol. The first-order valence-electron chi connectivity index (χ1n) is 23.9. The summed E-state index contributed by atoms with van der Waals surface area (Å²) in [6.07, 6.45) is 2.36. The van der Waals surface area contributed by atoms with E-state index in [9.17, 15) is 29.7 Å². The van der Waals surface area contributed by atoms with E-state index in [1.165, 1.54) is 54.7 Å². The van der Waals surface area contributed by atoms with Crippen LogP contribution in [0.3, 0.4) is 0 Å². The largest absolute Gasteiger partial charge is 0.507 e. The maximum absolute atomic E-state index is 14.3. The molecule has 4 heterocycles. The van der Waals surface area contributed by atoms with Crippen LogP contribution in [-0.4, -0.2) is 105 Å². The molecule has 69 heavy (non-hydrogen) atoms. The summed E-state index contributed by atoms with van der Waals surface area (Å²) in [6.45, 7) is 13.2. The predicted octanol–water partition coefficient (Wildman–Crippen LogP) is 8.79. The van der Waals surface area contributed by atoms with Gasteiger partial charge in [0, 0.05) is 107 Å². The van der Waals surface area contributed by atoms with Crippen molar-refractivity contribution in [2.75, 3.05) is 38.6 Å². The van der Waals surface area contributed by atoms with Gasteiger partial charge in [0.2, 0.25) is 0 Å². The molecule has 12 nitrogen and oxygen atoms in total. The number of hydrogen-bond acceptors (Lipinski definition) is 15. The number of methoxy groups -OCH3 is 3. The number of aryl methyl sites for hydroxylation is 3. The van der Waals surface area contributed by atoms with Crippen LogP contribution >= 0.6 is 35.3 Å². The molecule has 0 fully saturated rings. The molecule has 0 spiro atoms. The number of nitrogens with zero attached hydrogens (tertiary/aromatic N) is 3. The first-order valence-corrected chi connectivity index (χ1v) is 27.4. The Kier molecular flexibility index (Phi) is 17.7. The molecule has 4 aliphatic heterocycles. The quantitative estimate of drug-likeness (QED) is 0.125. The molecule has 0 saturated carbocycles. The Labute approximate surface area is 420 Å². The van der Waals surface area contributed by atoms with Crippen molar-refractivity contribution in [1.82, 2.24) is 14.7 Å². The van der Waals surface area contributed by atoms with Crippen LogP contribution < -0.4 is 0 Å². The minimum atomic E-state index is -0.790. The molecule has 3 unspecified atom stereocenters. The Bertz CT molecular complexity index is 2190. The summed E-state index contributed by atoms with van der Waals surface area (Å²) in [5.74, 6) is 1.84. The smallest absolute Gasteiger partial charge is 0.323 e. The van der Waals surface area contributed by atoms with E-state index in [1.54, 1.807) is 35.3 Å². The standard InChI is InChI=1S/C54H69N3O9S3/c1-10-40-43-25-67-28-46(52(61)64-7)55-19-34-13-31(4)14-35(49(34)58)20-56-22-37-16-33(6)18-39(51(37)60)24-57(23-38-17-32(5)15-36(21-55)50(38)59)48(54(63)66-9)30-69-27-45(41(43)11-2)42(12-3)44(40)26-68-29-47(56)53(62)65-8/h13-18,46-48,58-60H,10-12,19-30H2,1-9H3/t46-,47-,48?/m1/s1. The van der Waals surface area contributed by atoms with E-state index >= 15 is 0 Å². The molecular formula is C54H69N3O9S3. The third-order valence-corrected chi connectivity index (χ3v) is 17.2. The molecule has 4 aromatic carbocycles. The fourth-order valence-corrected chi connectivity index (χ4v) is 14.5. The second kappa shape index (κ2) is 23.2. The van der Waals surface area contributed by atoms with E-state index in [0.717, 1.165) is 36.0 Å². The molecule has 5 atom stereocenters. The van der Waals surface area contributed by atoms with Crippen molar-refractivity contribution in [3.05, 3.63) is 120 Å². The average molecular weight is 1000 g/mol. The third-order valence-electron chi connectivity index (χ3n) is 14.0. The summed E-state index contributed by atoms with van der Waals surface area (Å²) in [4.78, 5) is 48.9. The number of ether oxygens (including phenoxy) is 3. The number of carbonyl (C=O) groups excluding carboxylic acids is 3. The third kappa shape index (κ3) is 11.4. The molecule has 12 bridgehead atoms. The zero-order valence-corrected chi connectivity index (χ0v) is 44.1. The zero-order valence-electron chi connectivity index (χ0n) is 41.7. The Balaban J connectivity index is 1.61. The van der Waals surface area contributed by atoms with Crippen LogP contribution in [0.1, 0.15) is 104 Å². The highest BCUT2D eigenvalue weighted by Crippen LogP contribution is 2.41. The van der Waals surface area contributed by atoms with Crippen LogP contribution in [0.2, 0.25) is 0 Å². The van der Waals surface area contributed by atoms with E-state index in [0.29, 0.717) is 67.9 Å². The number of esters is 3. The zero-order chi connectivity index (χ0) is 49.7. The minimum absolute atomic E-state index is 0.0285. The maximum atomic E-state index is 14.3. The van der Waals surface area contributed by atoms with Gasteiger partial charge in [-0.25, -0.2) is 0 Å². The summed E-state index contributed by atoms with van der Waals surface area (Å²) in [6, 6.07) is 9.15. The van der Waals surface area contributed by atoms with E-state index in [1.807, 2.05) is 71.9 Å². The molecular weight excluding hydrogens is 931 g/mol. The molecule has 372 valence electrons. The molecule has 15 heteroatoms. The Morgan fingerprint density at radius 2 is 0.681 bits per heavy atom. The highest BCUT2D eigenvalue weighted by Gasteiger charge is 2.35. The van der Waals surface area contributed by atoms with Crippen molar-refractivity contribution in [3.63, 3.8) is 0 Å². The van der Waals surface area contributed by atoms with Gasteiger partial charge < -0.3 is 29.5 Å². The lowest BCUT2D eigenvalue weighted by atomic mass is 9.85. The van der Waals surface area contributed by atoms with Gasteiger partial charge in [-0.05, 0) is 73.4 Å². The normalized spacial score (nSPS) is 22.2. The summed E-state index contributed by atoms with van der Waals surface area (Å²) in [7, 11) is 4.20. The number of phenolic OH excluding ortho intramolecular Hbond substituents is 3. The second-order valence-electron chi connectivity index (χ2n) is 18.6. The van der Waals surface area contributed by atoms with Gasteiger partial charge >= 0.3 is 17.9 Å². The number of rotatable bonds is 6. The molecule has 4 aromatic rings. The fourth-order valence-electron chi connectivity index (χ4n) is 10.8. The van der Waals surface area contributed by atoms with Crippen molar-refractivity contribution in [2.24, 2.45) is 0 Å². The number of fused-ring (bicyclic) bond motifs is 9. The number of benzene rings is 4. The van der Waals surface area contributed by atoms with Crippen LogP contribution in [0.15, 0.2) is 36.4 Å². The number of aromatic hydroxyl groups is 3. The van der Waals surface area contributed by atoms with Gasteiger partial charge in [-0.2, -0.15) is 35.3 Å². The van der Waals surface area contributed by atoms with Gasteiger partial charge in [0.05, 0.1) is 21.3 Å². The molecule has 0 radical (unpaired) electrons. The van der Waals surface area contributed by atoms with Crippen LogP contribution in [0.5, 0.6) is 17.2 Å². The van der Waals surface area contributed by atoms with Crippen LogP contribution in [0, 0.1) is 20.8 Å². The molecule has 0 aliphatic carbocycles. The Morgan fingerprint density at radius 3 is 0.870 bits per heavy atom. The molecule has 0 saturated heterocycles. The van der Waals surface area contributed by atoms with Gasteiger partial charge in [-0.15, -0.1) is 0 Å². The number of thioether (sulfide) groups is 3. The van der Waals surface area contributed by atoms with Crippen LogP contribution in [0.4, 0.5) is 0 Å². The van der Waals surface area contributed by atoms with Gasteiger partial charge in [0.25, 0.3) is 0 Å². The van der Waals surface area contributed by atoms with Gasteiger partial charge in [-0.3, -0.25) is 29.1 Å². The van der Waals surface area contributed by atoms with Gasteiger partial charge in [-0.1, -0.05) is 73.9 Å². The summed E-state index contributed by atoms with van der Waals surface area (Å²) < 4.78 is 16.8. The van der Waals surface area contributed by atoms with Gasteiger partial charge in [0.1, 0.15) is 35.4 Å². The first kappa shape index (κ1) is 52.4. The SMILES string of the molecule is CCc1c2c(CC)c3c(CC)c1CSC[C@H](C(=O)OC)N1Cc4cc(C)cc(c4O)CN(Cc4cc(C)cc(c4O)CN(Cc4cc(C)cc(c4O)C1)[C@@H](C(=O)OC)CSC3)C(C(=O)OC)CSC2. The van der Waals surface area contributed by atoms with Gasteiger partial charge in [0.15, 0.2) is 0 Å². The number of hydrogen-bond donors (Lipinski definition) is 3. The Hall–Kier alpha value is -4.38. The lowest BCUT2D eigenvalue weighted by Gasteiger charge is -2.34. The van der Waals surface area contributed by atoms with E-state index in [2.05, 4.69) is 20.8 Å². The topological polar surface area (TPSA) is 149 Å². The number of phenols is 3. The molecule has 0 aromatic heterocycles. The van der Waals surface area contributed by atoms with Crippen molar-refractivity contribution >= 4 is 53.2 Å². The molecule has 4 aliphatic rings. The molecule has 3 N–H and O–H groups in total. The molecule has 0 amide bonds. The highest BCUT2D eigenvalue weighted by molar-refractivity contribution is 7.99. The second-order valence-corrected chi connectivity index (χ2v) is 21.7. The van der Waals surface area contributed by atoms with E-state index < -0.39 is 36.0 Å². The fraction of sp³-hybridized carbons (Fsp3) is 0.500. The first-order chi connectivity index (χ1) is 33.1. The van der Waals surface area contributed by atoms with Crippen LogP contribution in [-0.2, 0) is 104 Å². The lowest BCUT2D eigenvalue weighted by Crippen LogP contribution is -2.44. The number of carbonyl (C=O) groups is 3. The summed E-state index contributed by atoms with van der Waals surface area (Å²) >= 11 is 5.05. The Morgan fingerprint density at radius 1 is 0.464 bits per heavy atom. The molecule has 8 rings (SSSR count). The van der Waals surface area contributed by atoms with E-state index in [-0.39, 0.29) is 56.5 Å². The van der Waals surface area contributed by atoms with Crippen molar-refractivity contribution < 1.29 is 43.9 Å². The van der Waals surface area contributed by atoms with E-state index in [4.69, 9.17) is 14.2 Å². The highest BCUT2D eigenvalue weighted by atomic mass is 32.2. The average Bonchev–Trinajstić information content (AvgIpc) is 3.32. The summed E-state index contributed by atoms with van der Waals surface area (Å²) in [5, 5.41) is 37.4. The van der Waals surface area contributed by atoms with Crippen molar-refractivity contribution in [1.29, 1.82) is 0 Å². The van der Waals surface area contributed by atoms with Crippen LogP contribution in [0.25, 0.3) is 0 Å².